The molecule has 3 saturated carbocycles. The normalized spacial score (nSPS) is 49.2. The first-order valence-electron chi connectivity index (χ1n) is 7.68. The third kappa shape index (κ3) is 1.37. The zero-order valence-electron chi connectivity index (χ0n) is 12.9. The molecule has 0 saturated heterocycles. The van der Waals surface area contributed by atoms with Crippen LogP contribution in [0.15, 0.2) is 12.7 Å². The lowest BCUT2D eigenvalue weighted by atomic mass is 9.63. The molecule has 0 aromatic rings. The number of halogens is 2. The van der Waals surface area contributed by atoms with Crippen LogP contribution in [0.3, 0.4) is 0 Å². The molecule has 0 unspecified atom stereocenters. The van der Waals surface area contributed by atoms with Gasteiger partial charge >= 0.3 is 0 Å². The van der Waals surface area contributed by atoms with Crippen LogP contribution in [-0.2, 0) is 14.3 Å². The second kappa shape index (κ2) is 4.93. The summed E-state index contributed by atoms with van der Waals surface area (Å²) in [7, 11) is 2.87. The van der Waals surface area contributed by atoms with E-state index in [1.165, 1.54) is 20.3 Å². The van der Waals surface area contributed by atoms with Crippen LogP contribution < -0.4 is 0 Å². The van der Waals surface area contributed by atoms with Crippen molar-refractivity contribution in [1.29, 1.82) is 0 Å². The van der Waals surface area contributed by atoms with Gasteiger partial charge in [-0.3, -0.25) is 4.79 Å². The molecule has 6 heteroatoms. The zero-order chi connectivity index (χ0) is 16.4. The quantitative estimate of drug-likeness (QED) is 0.482. The SMILES string of the molecule is C=CC[C@@]1(O)C(=O)[C@]2(Cl)[C@@H]3CCCC[C@@H]3[C@@]1(Cl)C2(OC)OC. The second-order valence-corrected chi connectivity index (χ2v) is 7.82. The molecule has 1 N–H and O–H groups in total. The summed E-state index contributed by atoms with van der Waals surface area (Å²) in [5.41, 5.74) is -1.83. The van der Waals surface area contributed by atoms with E-state index in [1.54, 1.807) is 0 Å². The Morgan fingerprint density at radius 1 is 1.27 bits per heavy atom. The van der Waals surface area contributed by atoms with Gasteiger partial charge in [0.25, 0.3) is 0 Å². The predicted octanol–water partition coefficient (Wildman–Crippen LogP) is 2.64. The van der Waals surface area contributed by atoms with E-state index in [0.717, 1.165) is 25.7 Å². The Balaban J connectivity index is 2.30. The van der Waals surface area contributed by atoms with Crippen molar-refractivity contribution in [1.82, 2.24) is 0 Å². The Bertz CT molecular complexity index is 520. The number of ether oxygens (including phenoxy) is 2. The van der Waals surface area contributed by atoms with Crippen LogP contribution in [0.25, 0.3) is 0 Å². The maximum atomic E-state index is 13.1. The number of fused-ring (bicyclic) bond motifs is 5. The van der Waals surface area contributed by atoms with Gasteiger partial charge in [0.15, 0.2) is 16.3 Å². The Kier molecular flexibility index (Phi) is 3.75. The lowest BCUT2D eigenvalue weighted by Crippen LogP contribution is -2.64. The summed E-state index contributed by atoms with van der Waals surface area (Å²) in [5.74, 6) is -2.33. The van der Waals surface area contributed by atoms with Crippen LogP contribution in [-0.4, -0.2) is 46.2 Å². The van der Waals surface area contributed by atoms with Crippen LogP contribution in [0.4, 0.5) is 0 Å². The fourth-order valence-electron chi connectivity index (χ4n) is 5.33. The minimum absolute atomic E-state index is 0.0293. The zero-order valence-corrected chi connectivity index (χ0v) is 14.4. The molecular formula is C16H22Cl2O4. The first kappa shape index (κ1) is 16.7. The number of rotatable bonds is 4. The van der Waals surface area contributed by atoms with Gasteiger partial charge in [0.05, 0.1) is 0 Å². The molecule has 3 aliphatic rings. The topological polar surface area (TPSA) is 55.8 Å². The molecule has 2 bridgehead atoms. The maximum absolute atomic E-state index is 13.1. The highest BCUT2D eigenvalue weighted by Crippen LogP contribution is 2.74. The fourth-order valence-corrected chi connectivity index (χ4v) is 6.82. The van der Waals surface area contributed by atoms with Crippen LogP contribution in [0.1, 0.15) is 32.1 Å². The molecule has 0 heterocycles. The molecule has 0 aromatic carbocycles. The number of carbonyl (C=O) groups excluding carboxylic acids is 1. The van der Waals surface area contributed by atoms with E-state index < -0.39 is 26.9 Å². The summed E-state index contributed by atoms with van der Waals surface area (Å²) in [6.07, 6.45) is 5.08. The molecule has 124 valence electrons. The average Bonchev–Trinajstić information content (AvgIpc) is 2.77. The van der Waals surface area contributed by atoms with Gasteiger partial charge in [0.2, 0.25) is 5.79 Å². The van der Waals surface area contributed by atoms with E-state index in [1.807, 2.05) is 0 Å². The number of ketones is 1. The van der Waals surface area contributed by atoms with Gasteiger partial charge in [-0.25, -0.2) is 0 Å². The fraction of sp³-hybridized carbons (Fsp3) is 0.812. The number of aliphatic hydroxyl groups is 1. The van der Waals surface area contributed by atoms with Crippen LogP contribution in [0.5, 0.6) is 0 Å². The Morgan fingerprint density at radius 3 is 2.32 bits per heavy atom. The minimum atomic E-state index is -1.83. The monoisotopic (exact) mass is 348 g/mol. The van der Waals surface area contributed by atoms with Crippen molar-refractivity contribution in [3.8, 4) is 0 Å². The van der Waals surface area contributed by atoms with Gasteiger partial charge in [-0.2, -0.15) is 0 Å². The number of carbonyl (C=O) groups is 1. The van der Waals surface area contributed by atoms with Gasteiger partial charge in [0, 0.05) is 20.6 Å². The highest BCUT2D eigenvalue weighted by atomic mass is 35.5. The first-order valence-corrected chi connectivity index (χ1v) is 8.43. The van der Waals surface area contributed by atoms with Crippen LogP contribution in [0.2, 0.25) is 0 Å². The standard InChI is InChI=1S/C16H22Cl2O4/c1-4-9-13(20)12(19)14(17)10-7-5-6-8-11(10)15(13,18)16(14,21-2)22-3/h4,10-11,20H,1,5-9H2,2-3H3/t10-,11+,13-,14-,15+/m1/s1. The highest BCUT2D eigenvalue weighted by Gasteiger charge is 2.92. The molecule has 0 aliphatic heterocycles. The van der Waals surface area contributed by atoms with Gasteiger partial charge in [-0.15, -0.1) is 29.8 Å². The summed E-state index contributed by atoms with van der Waals surface area (Å²) < 4.78 is 11.3. The van der Waals surface area contributed by atoms with Crippen molar-refractivity contribution in [2.24, 2.45) is 11.8 Å². The van der Waals surface area contributed by atoms with Gasteiger partial charge in [0.1, 0.15) is 4.87 Å². The minimum Gasteiger partial charge on any atom is -0.380 e. The highest BCUT2D eigenvalue weighted by molar-refractivity contribution is 6.44. The first-order chi connectivity index (χ1) is 10.3. The average molecular weight is 349 g/mol. The van der Waals surface area contributed by atoms with E-state index in [0.29, 0.717) is 0 Å². The second-order valence-electron chi connectivity index (χ2n) is 6.63. The Hall–Kier alpha value is -0.130. The van der Waals surface area contributed by atoms with Crippen molar-refractivity contribution in [2.45, 2.75) is 53.2 Å². The molecule has 3 aliphatic carbocycles. The Labute approximate surface area is 140 Å². The van der Waals surface area contributed by atoms with Crippen LogP contribution in [0, 0.1) is 11.8 Å². The van der Waals surface area contributed by atoms with Crippen molar-refractivity contribution >= 4 is 29.0 Å². The summed E-state index contributed by atoms with van der Waals surface area (Å²) in [6.45, 7) is 3.65. The number of hydrogen-bond acceptors (Lipinski definition) is 4. The number of Topliss-reactive ketones (excluding diaryl/α,β-unsaturated/α-hetero) is 1. The summed E-state index contributed by atoms with van der Waals surface area (Å²) in [6, 6.07) is 0. The maximum Gasteiger partial charge on any atom is 0.218 e. The molecule has 5 atom stereocenters. The molecule has 0 aromatic heterocycles. The van der Waals surface area contributed by atoms with Crippen LogP contribution >= 0.6 is 23.2 Å². The number of alkyl halides is 2. The molecular weight excluding hydrogens is 327 g/mol. The van der Waals surface area contributed by atoms with Crippen molar-refractivity contribution < 1.29 is 19.4 Å². The summed E-state index contributed by atoms with van der Waals surface area (Å²) in [4.78, 5) is 10.2. The Morgan fingerprint density at radius 2 is 1.82 bits per heavy atom. The summed E-state index contributed by atoms with van der Waals surface area (Å²) in [5, 5.41) is 11.2. The largest absolute Gasteiger partial charge is 0.380 e. The van der Waals surface area contributed by atoms with E-state index in [9.17, 15) is 9.90 Å². The van der Waals surface area contributed by atoms with Gasteiger partial charge < -0.3 is 14.6 Å². The predicted molar refractivity (Wildman–Crippen MR) is 84.1 cm³/mol. The third-order valence-electron chi connectivity index (χ3n) is 6.07. The molecule has 0 spiro atoms. The van der Waals surface area contributed by atoms with Crippen molar-refractivity contribution in [3.63, 3.8) is 0 Å². The summed E-state index contributed by atoms with van der Waals surface area (Å²) >= 11 is 13.9. The molecule has 3 fully saturated rings. The smallest absolute Gasteiger partial charge is 0.218 e. The van der Waals surface area contributed by atoms with E-state index in [4.69, 9.17) is 32.7 Å². The van der Waals surface area contributed by atoms with Gasteiger partial charge in [-0.1, -0.05) is 18.9 Å². The lowest BCUT2D eigenvalue weighted by molar-refractivity contribution is -0.235. The molecule has 0 radical (unpaired) electrons. The molecule has 4 nitrogen and oxygen atoms in total. The molecule has 0 amide bonds. The molecule has 22 heavy (non-hydrogen) atoms. The van der Waals surface area contributed by atoms with Crippen molar-refractivity contribution in [2.75, 3.05) is 14.2 Å². The van der Waals surface area contributed by atoms with Crippen molar-refractivity contribution in [3.05, 3.63) is 12.7 Å². The molecule has 3 rings (SSSR count). The van der Waals surface area contributed by atoms with E-state index in [-0.39, 0.29) is 18.3 Å². The van der Waals surface area contributed by atoms with E-state index in [2.05, 4.69) is 6.58 Å². The number of methoxy groups -OCH3 is 2. The number of hydrogen-bond donors (Lipinski definition) is 1. The van der Waals surface area contributed by atoms with E-state index >= 15 is 0 Å². The third-order valence-corrected chi connectivity index (χ3v) is 7.61. The van der Waals surface area contributed by atoms with Gasteiger partial charge in [-0.05, 0) is 24.7 Å². The lowest BCUT2D eigenvalue weighted by Gasteiger charge is -2.48.